The van der Waals surface area contributed by atoms with Gasteiger partial charge in [-0.25, -0.2) is 10.0 Å². The average Bonchev–Trinajstić information content (AvgIpc) is 3.72. The molecule has 4 saturated heterocycles. The van der Waals surface area contributed by atoms with E-state index in [9.17, 15) is 19.7 Å². The summed E-state index contributed by atoms with van der Waals surface area (Å²) in [6.45, 7) is 7.38. The van der Waals surface area contributed by atoms with Gasteiger partial charge in [-0.15, -0.1) is 0 Å². The van der Waals surface area contributed by atoms with Gasteiger partial charge in [0.1, 0.15) is 36.0 Å². The highest BCUT2D eigenvalue weighted by Crippen LogP contribution is 2.46. The molecule has 0 aromatic heterocycles. The van der Waals surface area contributed by atoms with E-state index in [-0.39, 0.29) is 18.0 Å². The van der Waals surface area contributed by atoms with Crippen molar-refractivity contribution in [3.63, 3.8) is 0 Å². The fraction of sp³-hybridized carbons (Fsp3) is 0.483. The molecular weight excluding hydrogens is 564 g/mol. The number of hydrogen-bond donors (Lipinski definition) is 0. The van der Waals surface area contributed by atoms with Crippen molar-refractivity contribution in [1.29, 1.82) is 0 Å². The Kier molecular flexibility index (Phi) is 6.34. The van der Waals surface area contributed by atoms with Crippen LogP contribution in [-0.2, 0) is 38.1 Å². The van der Waals surface area contributed by atoms with Crippen LogP contribution >= 0.6 is 0 Å². The minimum atomic E-state index is -1.26. The van der Waals surface area contributed by atoms with Gasteiger partial charge in [-0.1, -0.05) is 23.4 Å². The van der Waals surface area contributed by atoms with Crippen LogP contribution < -0.4 is 5.01 Å². The summed E-state index contributed by atoms with van der Waals surface area (Å²) in [5, 5.41) is 17.8. The third kappa shape index (κ3) is 4.57. The molecule has 226 valence electrons. The smallest absolute Gasteiger partial charge is 0.291 e. The number of hydrogen-bond acceptors (Lipinski definition) is 11. The van der Waals surface area contributed by atoms with E-state index in [4.69, 9.17) is 28.5 Å². The zero-order valence-electron chi connectivity index (χ0n) is 23.8. The van der Waals surface area contributed by atoms with E-state index in [0.717, 1.165) is 0 Å². The number of hydrazine groups is 1. The fourth-order valence-electron chi connectivity index (χ4n) is 6.30. The molecule has 4 fully saturated rings. The number of nitrogens with zero attached hydrogens (tertiary/aromatic N) is 4. The maximum atomic E-state index is 14.6. The van der Waals surface area contributed by atoms with Crippen LogP contribution in [0.2, 0.25) is 0 Å². The maximum absolute atomic E-state index is 14.6. The van der Waals surface area contributed by atoms with E-state index in [2.05, 4.69) is 5.16 Å². The molecule has 5 aliphatic rings. The van der Waals surface area contributed by atoms with Gasteiger partial charge in [0.05, 0.1) is 17.2 Å². The van der Waals surface area contributed by atoms with Crippen molar-refractivity contribution in [3.05, 3.63) is 70.3 Å². The number of fused-ring (bicyclic) bond motifs is 2. The van der Waals surface area contributed by atoms with Crippen LogP contribution in [0.25, 0.3) is 0 Å². The minimum Gasteiger partial charge on any atom is -0.381 e. The van der Waals surface area contributed by atoms with Gasteiger partial charge in [0.15, 0.2) is 17.8 Å². The lowest BCUT2D eigenvalue weighted by molar-refractivity contribution is -0.384. The number of carbonyl (C=O) groups excluding carboxylic acids is 2. The van der Waals surface area contributed by atoms with Crippen molar-refractivity contribution in [3.8, 4) is 0 Å². The first-order chi connectivity index (χ1) is 20.4. The molecule has 0 N–H and O–H groups in total. The SMILES string of the molecule is CC1(C)O[C@H]2[C@@H]([C@@H]3COC(C)(C)O3)O[C@H](N3C(=O)[C@H]4C(c5ccc([N+](=O)[O-])cc5)=NO[C@H]4C(=O)N3c3ccccc3)[C@H]2O1. The first-order valence-electron chi connectivity index (χ1n) is 14.0. The predicted molar refractivity (Wildman–Crippen MR) is 146 cm³/mol. The molecule has 14 heteroatoms. The Bertz CT molecular complexity index is 1500. The molecule has 2 amide bonds. The van der Waals surface area contributed by atoms with Crippen LogP contribution in [0, 0.1) is 16.0 Å². The number of anilines is 1. The Hall–Kier alpha value is -3.95. The molecule has 0 spiro atoms. The minimum absolute atomic E-state index is 0.124. The Labute approximate surface area is 246 Å². The summed E-state index contributed by atoms with van der Waals surface area (Å²) in [7, 11) is 0. The lowest BCUT2D eigenvalue weighted by atomic mass is 9.88. The molecule has 2 aromatic carbocycles. The number of non-ortho nitro benzene ring substituents is 1. The van der Waals surface area contributed by atoms with Gasteiger partial charge in [0.25, 0.3) is 17.5 Å². The van der Waals surface area contributed by atoms with Crippen molar-refractivity contribution in [2.45, 2.75) is 76.0 Å². The van der Waals surface area contributed by atoms with E-state index >= 15 is 0 Å². The summed E-state index contributed by atoms with van der Waals surface area (Å²) in [4.78, 5) is 45.0. The summed E-state index contributed by atoms with van der Waals surface area (Å²) in [5.41, 5.74) is 0.882. The van der Waals surface area contributed by atoms with Gasteiger partial charge < -0.3 is 28.5 Å². The first-order valence-corrected chi connectivity index (χ1v) is 14.0. The lowest BCUT2D eigenvalue weighted by Crippen LogP contribution is -2.68. The molecule has 5 heterocycles. The largest absolute Gasteiger partial charge is 0.381 e. The Morgan fingerprint density at radius 2 is 1.58 bits per heavy atom. The van der Waals surface area contributed by atoms with Gasteiger partial charge in [0.2, 0.25) is 6.10 Å². The Morgan fingerprint density at radius 3 is 2.23 bits per heavy atom. The van der Waals surface area contributed by atoms with Gasteiger partial charge >= 0.3 is 0 Å². The van der Waals surface area contributed by atoms with Crippen LogP contribution in [0.1, 0.15) is 33.3 Å². The first kappa shape index (κ1) is 27.9. The molecule has 5 aliphatic heterocycles. The van der Waals surface area contributed by atoms with Gasteiger partial charge in [-0.05, 0) is 52.0 Å². The molecule has 7 atom stereocenters. The van der Waals surface area contributed by atoms with Crippen LogP contribution in [0.15, 0.2) is 59.8 Å². The highest BCUT2D eigenvalue weighted by molar-refractivity contribution is 6.21. The summed E-state index contributed by atoms with van der Waals surface area (Å²) < 4.78 is 31.0. The number of ether oxygens (including phenoxy) is 5. The zero-order valence-corrected chi connectivity index (χ0v) is 23.8. The molecule has 0 unspecified atom stereocenters. The molecule has 43 heavy (non-hydrogen) atoms. The fourth-order valence-corrected chi connectivity index (χ4v) is 6.30. The lowest BCUT2D eigenvalue weighted by Gasteiger charge is -2.45. The van der Waals surface area contributed by atoms with E-state index in [1.54, 1.807) is 58.0 Å². The van der Waals surface area contributed by atoms with Gasteiger partial charge in [-0.3, -0.25) is 19.7 Å². The van der Waals surface area contributed by atoms with Crippen molar-refractivity contribution in [1.82, 2.24) is 5.01 Å². The number of amides is 2. The third-order valence-electron chi connectivity index (χ3n) is 8.10. The Morgan fingerprint density at radius 1 is 0.884 bits per heavy atom. The van der Waals surface area contributed by atoms with E-state index in [1.165, 1.54) is 34.3 Å². The number of rotatable bonds is 5. The maximum Gasteiger partial charge on any atom is 0.291 e. The molecular formula is C29H30N4O10. The second-order valence-electron chi connectivity index (χ2n) is 11.9. The molecule has 14 nitrogen and oxygen atoms in total. The summed E-state index contributed by atoms with van der Waals surface area (Å²) in [6.07, 6.45) is -4.98. The number of nitro benzene ring substituents is 1. The van der Waals surface area contributed by atoms with Crippen molar-refractivity contribution in [2.24, 2.45) is 11.1 Å². The van der Waals surface area contributed by atoms with Crippen LogP contribution in [0.5, 0.6) is 0 Å². The molecule has 7 rings (SSSR count). The highest BCUT2D eigenvalue weighted by atomic mass is 16.8. The highest BCUT2D eigenvalue weighted by Gasteiger charge is 2.65. The molecule has 0 radical (unpaired) electrons. The summed E-state index contributed by atoms with van der Waals surface area (Å²) in [6, 6.07) is 14.2. The van der Waals surface area contributed by atoms with Crippen LogP contribution in [-0.4, -0.2) is 82.4 Å². The van der Waals surface area contributed by atoms with Crippen LogP contribution in [0.3, 0.4) is 0 Å². The predicted octanol–water partition coefficient (Wildman–Crippen LogP) is 2.50. The number of benzene rings is 2. The van der Waals surface area contributed by atoms with Gasteiger partial charge in [-0.2, -0.15) is 0 Å². The number of carbonyl (C=O) groups is 2. The molecule has 2 aromatic rings. The standard InChI is InChI=1S/C29H30N4O10/c1-28(2)38-14-18(40-28)21-23-24(42-29(3,4)41-23)27(39-21)32-25(34)19-20(15-10-12-17(13-11-15)33(36)37)30-43-22(19)26(35)31(32)16-8-6-5-7-9-16/h5-13,18-19,21-24,27H,14H2,1-4H3/t18-,19-,21+,22+,23-,24-,27-/m0/s1. The van der Waals surface area contributed by atoms with Crippen molar-refractivity contribution in [2.75, 3.05) is 11.6 Å². The van der Waals surface area contributed by atoms with E-state index in [0.29, 0.717) is 11.3 Å². The Balaban J connectivity index is 1.28. The second-order valence-corrected chi connectivity index (χ2v) is 11.9. The molecule has 0 bridgehead atoms. The summed E-state index contributed by atoms with van der Waals surface area (Å²) in [5.74, 6) is -4.05. The van der Waals surface area contributed by atoms with Crippen molar-refractivity contribution < 1.29 is 43.0 Å². The molecule has 0 aliphatic carbocycles. The molecule has 0 saturated carbocycles. The number of para-hydroxylation sites is 1. The summed E-state index contributed by atoms with van der Waals surface area (Å²) >= 11 is 0. The van der Waals surface area contributed by atoms with E-state index in [1.807, 2.05) is 0 Å². The van der Waals surface area contributed by atoms with Gasteiger partial charge in [0, 0.05) is 17.7 Å². The normalized spacial score (nSPS) is 34.1. The topological polar surface area (TPSA) is 152 Å². The monoisotopic (exact) mass is 594 g/mol. The zero-order chi connectivity index (χ0) is 30.3. The number of nitro groups is 1. The average molecular weight is 595 g/mol. The second kappa shape index (κ2) is 9.79. The van der Waals surface area contributed by atoms with Crippen LogP contribution in [0.4, 0.5) is 11.4 Å². The van der Waals surface area contributed by atoms with E-state index < -0.39 is 71.0 Å². The van der Waals surface area contributed by atoms with Crippen molar-refractivity contribution >= 4 is 28.9 Å². The third-order valence-corrected chi connectivity index (χ3v) is 8.10. The number of oxime groups is 1. The quantitative estimate of drug-likeness (QED) is 0.373.